The molecule has 0 unspecified atom stereocenters. The van der Waals surface area contributed by atoms with Crippen LogP contribution in [0.5, 0.6) is 0 Å². The summed E-state index contributed by atoms with van der Waals surface area (Å²) in [5, 5.41) is 2.87. The lowest BCUT2D eigenvalue weighted by atomic mass is 10.1. The molecule has 0 spiro atoms. The van der Waals surface area contributed by atoms with Crippen LogP contribution >= 0.6 is 0 Å². The molecule has 0 bridgehead atoms. The summed E-state index contributed by atoms with van der Waals surface area (Å²) in [7, 11) is 1.78. The van der Waals surface area contributed by atoms with Crippen LogP contribution in [-0.4, -0.2) is 39.9 Å². The summed E-state index contributed by atoms with van der Waals surface area (Å²) < 4.78 is 1.93. The van der Waals surface area contributed by atoms with Crippen LogP contribution in [0, 0.1) is 0 Å². The molecule has 2 heterocycles. The van der Waals surface area contributed by atoms with Crippen LogP contribution in [0.2, 0.25) is 0 Å². The second kappa shape index (κ2) is 8.17. The van der Waals surface area contributed by atoms with Crippen molar-refractivity contribution in [3.8, 4) is 0 Å². The van der Waals surface area contributed by atoms with E-state index in [9.17, 15) is 9.59 Å². The van der Waals surface area contributed by atoms with Gasteiger partial charge in [0.05, 0.1) is 5.69 Å². The molecule has 2 amide bonds. The van der Waals surface area contributed by atoms with Gasteiger partial charge < -0.3 is 14.8 Å². The van der Waals surface area contributed by atoms with Crippen molar-refractivity contribution in [2.24, 2.45) is 0 Å². The molecule has 0 aliphatic carbocycles. The van der Waals surface area contributed by atoms with Crippen LogP contribution in [0.4, 0.5) is 0 Å². The molecule has 0 atom stereocenters. The minimum atomic E-state index is -0.195. The first-order valence-corrected chi connectivity index (χ1v) is 9.28. The number of amides is 2. The second-order valence-electron chi connectivity index (χ2n) is 6.74. The van der Waals surface area contributed by atoms with Gasteiger partial charge in [-0.05, 0) is 31.2 Å². The SMILES string of the molecule is CCCNC(=O)c1nc(C(=O)N(C)Cc2ccccc2)c2n1CCCC2. The number of imidazole rings is 1. The van der Waals surface area contributed by atoms with E-state index >= 15 is 0 Å². The number of nitrogens with one attached hydrogen (secondary N) is 1. The molecule has 2 aromatic rings. The van der Waals surface area contributed by atoms with Crippen molar-refractivity contribution in [3.05, 3.63) is 53.1 Å². The average molecular weight is 354 g/mol. The van der Waals surface area contributed by atoms with Crippen molar-refractivity contribution in [2.75, 3.05) is 13.6 Å². The van der Waals surface area contributed by atoms with E-state index in [1.807, 2.05) is 41.8 Å². The molecule has 138 valence electrons. The quantitative estimate of drug-likeness (QED) is 0.867. The molecular formula is C20H26N4O2. The number of aromatic nitrogens is 2. The van der Waals surface area contributed by atoms with Crippen LogP contribution < -0.4 is 5.32 Å². The van der Waals surface area contributed by atoms with Gasteiger partial charge in [0.2, 0.25) is 0 Å². The zero-order chi connectivity index (χ0) is 18.5. The third-order valence-electron chi connectivity index (χ3n) is 4.67. The van der Waals surface area contributed by atoms with Gasteiger partial charge in [-0.1, -0.05) is 37.3 Å². The lowest BCUT2D eigenvalue weighted by Crippen LogP contribution is -2.28. The Bertz CT molecular complexity index is 783. The molecule has 3 rings (SSSR count). The van der Waals surface area contributed by atoms with Crippen LogP contribution in [0.15, 0.2) is 30.3 Å². The summed E-state index contributed by atoms with van der Waals surface area (Å²) in [6, 6.07) is 9.87. The largest absolute Gasteiger partial charge is 0.349 e. The van der Waals surface area contributed by atoms with Crippen molar-refractivity contribution < 1.29 is 9.59 Å². The van der Waals surface area contributed by atoms with E-state index in [0.717, 1.165) is 43.5 Å². The maximum atomic E-state index is 13.0. The van der Waals surface area contributed by atoms with Gasteiger partial charge in [0.25, 0.3) is 11.8 Å². The molecule has 1 aliphatic heterocycles. The predicted molar refractivity (Wildman–Crippen MR) is 100 cm³/mol. The van der Waals surface area contributed by atoms with Crippen molar-refractivity contribution in [1.82, 2.24) is 19.8 Å². The minimum Gasteiger partial charge on any atom is -0.349 e. The van der Waals surface area contributed by atoms with Crippen molar-refractivity contribution in [1.29, 1.82) is 0 Å². The Labute approximate surface area is 154 Å². The van der Waals surface area contributed by atoms with Gasteiger partial charge in [0, 0.05) is 26.7 Å². The number of benzene rings is 1. The summed E-state index contributed by atoms with van der Waals surface area (Å²) in [4.78, 5) is 31.6. The van der Waals surface area contributed by atoms with E-state index in [1.165, 1.54) is 0 Å². The van der Waals surface area contributed by atoms with Crippen molar-refractivity contribution in [2.45, 2.75) is 45.7 Å². The van der Waals surface area contributed by atoms with E-state index in [-0.39, 0.29) is 11.8 Å². The molecule has 1 N–H and O–H groups in total. The van der Waals surface area contributed by atoms with Crippen molar-refractivity contribution >= 4 is 11.8 Å². The molecule has 1 aromatic heterocycles. The highest BCUT2D eigenvalue weighted by atomic mass is 16.2. The number of carbonyl (C=O) groups is 2. The number of nitrogens with zero attached hydrogens (tertiary/aromatic N) is 3. The fourth-order valence-electron chi connectivity index (χ4n) is 3.32. The van der Waals surface area contributed by atoms with Gasteiger partial charge in [-0.15, -0.1) is 0 Å². The van der Waals surface area contributed by atoms with Crippen LogP contribution in [0.3, 0.4) is 0 Å². The normalized spacial score (nSPS) is 13.2. The first kappa shape index (κ1) is 18.2. The Hall–Kier alpha value is -2.63. The van der Waals surface area contributed by atoms with E-state index in [2.05, 4.69) is 10.3 Å². The number of hydrogen-bond donors (Lipinski definition) is 1. The zero-order valence-corrected chi connectivity index (χ0v) is 15.5. The Kier molecular flexibility index (Phi) is 5.71. The maximum absolute atomic E-state index is 13.0. The monoisotopic (exact) mass is 354 g/mol. The number of fused-ring (bicyclic) bond motifs is 1. The maximum Gasteiger partial charge on any atom is 0.287 e. The summed E-state index contributed by atoms with van der Waals surface area (Å²) in [6.07, 6.45) is 3.68. The highest BCUT2D eigenvalue weighted by Gasteiger charge is 2.28. The number of carbonyl (C=O) groups excluding carboxylic acids is 2. The second-order valence-corrected chi connectivity index (χ2v) is 6.74. The van der Waals surface area contributed by atoms with Gasteiger partial charge in [-0.25, -0.2) is 4.98 Å². The average Bonchev–Trinajstić information content (AvgIpc) is 3.06. The van der Waals surface area contributed by atoms with E-state index in [4.69, 9.17) is 0 Å². The van der Waals surface area contributed by atoms with Crippen LogP contribution in [-0.2, 0) is 19.5 Å². The van der Waals surface area contributed by atoms with Gasteiger partial charge in [-0.3, -0.25) is 9.59 Å². The third kappa shape index (κ3) is 3.79. The molecular weight excluding hydrogens is 328 g/mol. The van der Waals surface area contributed by atoms with Gasteiger partial charge >= 0.3 is 0 Å². The molecule has 1 aliphatic rings. The Balaban J connectivity index is 1.85. The van der Waals surface area contributed by atoms with Crippen LogP contribution in [0.1, 0.15) is 58.6 Å². The molecule has 0 saturated carbocycles. The zero-order valence-electron chi connectivity index (χ0n) is 15.5. The Morgan fingerprint density at radius 1 is 1.23 bits per heavy atom. The fraction of sp³-hybridized carbons (Fsp3) is 0.450. The smallest absolute Gasteiger partial charge is 0.287 e. The summed E-state index contributed by atoms with van der Waals surface area (Å²) in [6.45, 7) is 3.88. The Morgan fingerprint density at radius 3 is 2.73 bits per heavy atom. The van der Waals surface area contributed by atoms with E-state index in [1.54, 1.807) is 11.9 Å². The molecule has 26 heavy (non-hydrogen) atoms. The third-order valence-corrected chi connectivity index (χ3v) is 4.67. The lowest BCUT2D eigenvalue weighted by molar-refractivity contribution is 0.0778. The molecule has 6 heteroatoms. The van der Waals surface area contributed by atoms with Gasteiger partial charge in [-0.2, -0.15) is 0 Å². The predicted octanol–water partition coefficient (Wildman–Crippen LogP) is 2.63. The fourth-order valence-corrected chi connectivity index (χ4v) is 3.32. The summed E-state index contributed by atoms with van der Waals surface area (Å²) in [5.74, 6) is 0.0402. The highest BCUT2D eigenvalue weighted by molar-refractivity contribution is 5.97. The topological polar surface area (TPSA) is 67.2 Å². The molecule has 0 radical (unpaired) electrons. The molecule has 6 nitrogen and oxygen atoms in total. The number of rotatable bonds is 6. The van der Waals surface area contributed by atoms with Crippen molar-refractivity contribution in [3.63, 3.8) is 0 Å². The lowest BCUT2D eigenvalue weighted by Gasteiger charge is -2.19. The Morgan fingerprint density at radius 2 is 2.00 bits per heavy atom. The first-order valence-electron chi connectivity index (χ1n) is 9.28. The summed E-state index contributed by atoms with van der Waals surface area (Å²) >= 11 is 0. The minimum absolute atomic E-state index is 0.131. The van der Waals surface area contributed by atoms with E-state index < -0.39 is 0 Å². The standard InChI is InChI=1S/C20H26N4O2/c1-3-12-21-19(25)18-22-17(16-11-7-8-13-24(16)18)20(26)23(2)14-15-9-5-4-6-10-15/h4-6,9-10H,3,7-8,11-14H2,1-2H3,(H,21,25). The molecule has 0 fully saturated rings. The summed E-state index contributed by atoms with van der Waals surface area (Å²) in [5.41, 5.74) is 2.38. The molecule has 1 aromatic carbocycles. The highest BCUT2D eigenvalue weighted by Crippen LogP contribution is 2.22. The van der Waals surface area contributed by atoms with Gasteiger partial charge in [0.1, 0.15) is 5.69 Å². The number of hydrogen-bond acceptors (Lipinski definition) is 3. The molecule has 0 saturated heterocycles. The van der Waals surface area contributed by atoms with Gasteiger partial charge in [0.15, 0.2) is 5.82 Å². The van der Waals surface area contributed by atoms with Crippen LogP contribution in [0.25, 0.3) is 0 Å². The first-order chi connectivity index (χ1) is 12.6. The van der Waals surface area contributed by atoms with E-state index in [0.29, 0.717) is 24.6 Å².